The zero-order valence-electron chi connectivity index (χ0n) is 10.2. The highest BCUT2D eigenvalue weighted by Gasteiger charge is 2.22. The first-order chi connectivity index (χ1) is 8.09. The molecule has 2 nitrogen and oxygen atoms in total. The van der Waals surface area contributed by atoms with Crippen LogP contribution in [0.4, 0.5) is 4.39 Å². The predicted molar refractivity (Wildman–Crippen MR) is 69.4 cm³/mol. The Morgan fingerprint density at radius 2 is 2.29 bits per heavy atom. The van der Waals surface area contributed by atoms with Gasteiger partial charge in [0.2, 0.25) is 0 Å². The largest absolute Gasteiger partial charge is 0.299 e. The summed E-state index contributed by atoms with van der Waals surface area (Å²) in [7, 11) is 0. The topological polar surface area (TPSA) is 35.8 Å². The summed E-state index contributed by atoms with van der Waals surface area (Å²) in [5.74, 6) is 0.364. The van der Waals surface area contributed by atoms with Crippen LogP contribution in [0.25, 0.3) is 0 Å². The number of thioether (sulfide) groups is 1. The molecule has 0 aliphatic heterocycles. The third-order valence-corrected chi connectivity index (χ3v) is 3.64. The summed E-state index contributed by atoms with van der Waals surface area (Å²) in [6, 6.07) is 8.71. The molecule has 0 saturated carbocycles. The molecule has 0 bridgehead atoms. The molecule has 0 radical (unpaired) electrons. The van der Waals surface area contributed by atoms with Gasteiger partial charge in [-0.25, -0.2) is 4.39 Å². The lowest BCUT2D eigenvalue weighted by atomic mass is 10.1. The average Bonchev–Trinajstić information content (AvgIpc) is 2.34. The molecule has 0 aliphatic carbocycles. The van der Waals surface area contributed by atoms with E-state index in [1.54, 1.807) is 6.07 Å². The Bertz CT molecular complexity index is 403. The van der Waals surface area contributed by atoms with Gasteiger partial charge in [-0.15, -0.1) is 11.8 Å². The van der Waals surface area contributed by atoms with Crippen LogP contribution in [0.2, 0.25) is 0 Å². The van der Waals surface area contributed by atoms with E-state index >= 15 is 0 Å². The van der Waals surface area contributed by atoms with Gasteiger partial charge >= 0.3 is 0 Å². The van der Waals surface area contributed by atoms with E-state index in [9.17, 15) is 4.39 Å². The summed E-state index contributed by atoms with van der Waals surface area (Å²) >= 11 is 1.49. The molecular weight excluding hydrogens is 235 g/mol. The predicted octanol–water partition coefficient (Wildman–Crippen LogP) is 3.20. The van der Waals surface area contributed by atoms with Crippen LogP contribution in [0.5, 0.6) is 0 Å². The maximum Gasteiger partial charge on any atom is 0.124 e. The lowest BCUT2D eigenvalue weighted by molar-refractivity contribution is 0.493. The van der Waals surface area contributed by atoms with Crippen molar-refractivity contribution in [3.05, 3.63) is 30.1 Å². The normalized spacial score (nSPS) is 14.0. The van der Waals surface area contributed by atoms with Crippen molar-refractivity contribution in [2.75, 3.05) is 12.3 Å². The number of hydrogen-bond acceptors (Lipinski definition) is 3. The SMILES string of the molecule is CCCNC(C)(C#N)CSc1cccc(F)c1. The fourth-order valence-corrected chi connectivity index (χ4v) is 2.30. The molecule has 0 amide bonds. The number of benzene rings is 1. The Morgan fingerprint density at radius 3 is 2.88 bits per heavy atom. The molecule has 1 unspecified atom stereocenters. The van der Waals surface area contributed by atoms with Gasteiger partial charge in [-0.1, -0.05) is 13.0 Å². The quantitative estimate of drug-likeness (QED) is 0.790. The molecule has 0 saturated heterocycles. The van der Waals surface area contributed by atoms with Crippen molar-refractivity contribution < 1.29 is 4.39 Å². The molecule has 1 aromatic rings. The summed E-state index contributed by atoms with van der Waals surface area (Å²) in [6.45, 7) is 4.74. The molecule has 0 fully saturated rings. The number of hydrogen-bond donors (Lipinski definition) is 1. The third-order valence-electron chi connectivity index (χ3n) is 2.34. The van der Waals surface area contributed by atoms with E-state index < -0.39 is 5.54 Å². The Labute approximate surface area is 106 Å². The number of nitrogens with one attached hydrogen (secondary N) is 1. The van der Waals surface area contributed by atoms with Crippen LogP contribution >= 0.6 is 11.8 Å². The molecule has 17 heavy (non-hydrogen) atoms. The van der Waals surface area contributed by atoms with Crippen LogP contribution < -0.4 is 5.32 Å². The molecule has 1 rings (SSSR count). The molecule has 1 aromatic carbocycles. The second-order valence-electron chi connectivity index (χ2n) is 4.12. The second-order valence-corrected chi connectivity index (χ2v) is 5.17. The molecule has 0 heterocycles. The van der Waals surface area contributed by atoms with Gasteiger partial charge < -0.3 is 0 Å². The first-order valence-electron chi connectivity index (χ1n) is 5.64. The minimum Gasteiger partial charge on any atom is -0.299 e. The standard InChI is InChI=1S/C13H17FN2S/c1-3-7-16-13(2,9-15)10-17-12-6-4-5-11(14)8-12/h4-6,8,16H,3,7,10H2,1-2H3. The maximum absolute atomic E-state index is 13.0. The van der Waals surface area contributed by atoms with Crippen molar-refractivity contribution >= 4 is 11.8 Å². The van der Waals surface area contributed by atoms with Gasteiger partial charge in [0.25, 0.3) is 0 Å². The molecule has 92 valence electrons. The van der Waals surface area contributed by atoms with E-state index in [2.05, 4.69) is 18.3 Å². The van der Waals surface area contributed by atoms with E-state index in [1.165, 1.54) is 23.9 Å². The number of halogens is 1. The van der Waals surface area contributed by atoms with Crippen molar-refractivity contribution in [1.29, 1.82) is 5.26 Å². The van der Waals surface area contributed by atoms with Gasteiger partial charge in [0.15, 0.2) is 0 Å². The second kappa shape index (κ2) is 6.63. The van der Waals surface area contributed by atoms with E-state index in [4.69, 9.17) is 5.26 Å². The van der Waals surface area contributed by atoms with Crippen LogP contribution in [0.1, 0.15) is 20.3 Å². The third kappa shape index (κ3) is 4.76. The monoisotopic (exact) mass is 252 g/mol. The van der Waals surface area contributed by atoms with Crippen LogP contribution in [0.15, 0.2) is 29.2 Å². The highest BCUT2D eigenvalue weighted by molar-refractivity contribution is 7.99. The van der Waals surface area contributed by atoms with Gasteiger partial charge in [-0.05, 0) is 38.1 Å². The summed E-state index contributed by atoms with van der Waals surface area (Å²) < 4.78 is 13.0. The van der Waals surface area contributed by atoms with E-state index in [0.29, 0.717) is 5.75 Å². The fraction of sp³-hybridized carbons (Fsp3) is 0.462. The van der Waals surface area contributed by atoms with Crippen molar-refractivity contribution in [3.8, 4) is 6.07 Å². The van der Waals surface area contributed by atoms with Crippen molar-refractivity contribution in [1.82, 2.24) is 5.32 Å². The summed E-state index contributed by atoms with van der Waals surface area (Å²) in [6.07, 6.45) is 0.988. The van der Waals surface area contributed by atoms with Crippen molar-refractivity contribution in [2.24, 2.45) is 0 Å². The highest BCUT2D eigenvalue weighted by Crippen LogP contribution is 2.23. The van der Waals surface area contributed by atoms with Crippen LogP contribution in [0.3, 0.4) is 0 Å². The zero-order chi connectivity index (χ0) is 12.7. The Morgan fingerprint density at radius 1 is 1.53 bits per heavy atom. The van der Waals surface area contributed by atoms with E-state index in [-0.39, 0.29) is 5.82 Å². The van der Waals surface area contributed by atoms with Crippen LogP contribution in [-0.4, -0.2) is 17.8 Å². The lowest BCUT2D eigenvalue weighted by Crippen LogP contribution is -2.43. The molecule has 1 N–H and O–H groups in total. The molecule has 1 atom stereocenters. The number of rotatable bonds is 6. The smallest absolute Gasteiger partial charge is 0.124 e. The molecule has 0 spiro atoms. The Hall–Kier alpha value is -1.05. The summed E-state index contributed by atoms with van der Waals surface area (Å²) in [5.41, 5.74) is -0.563. The van der Waals surface area contributed by atoms with Crippen LogP contribution in [-0.2, 0) is 0 Å². The minimum absolute atomic E-state index is 0.241. The maximum atomic E-state index is 13.0. The molecule has 0 aromatic heterocycles. The van der Waals surface area contributed by atoms with Crippen molar-refractivity contribution in [2.45, 2.75) is 30.7 Å². The first kappa shape index (κ1) is 14.0. The molecule has 0 aliphatic rings. The number of nitrogens with zero attached hydrogens (tertiary/aromatic N) is 1. The van der Waals surface area contributed by atoms with Gasteiger partial charge in [0.05, 0.1) is 6.07 Å². The Balaban J connectivity index is 2.56. The van der Waals surface area contributed by atoms with E-state index in [0.717, 1.165) is 17.9 Å². The van der Waals surface area contributed by atoms with Gasteiger partial charge in [0.1, 0.15) is 11.4 Å². The highest BCUT2D eigenvalue weighted by atomic mass is 32.2. The number of nitriles is 1. The van der Waals surface area contributed by atoms with Crippen molar-refractivity contribution in [3.63, 3.8) is 0 Å². The minimum atomic E-state index is -0.563. The van der Waals surface area contributed by atoms with Gasteiger partial charge in [0, 0.05) is 10.6 Å². The zero-order valence-corrected chi connectivity index (χ0v) is 11.0. The molecule has 4 heteroatoms. The average molecular weight is 252 g/mol. The first-order valence-corrected chi connectivity index (χ1v) is 6.63. The molecular formula is C13H17FN2S. The Kier molecular flexibility index (Phi) is 5.46. The lowest BCUT2D eigenvalue weighted by Gasteiger charge is -2.22. The van der Waals surface area contributed by atoms with Gasteiger partial charge in [-0.3, -0.25) is 5.32 Å². The summed E-state index contributed by atoms with van der Waals surface area (Å²) in [4.78, 5) is 0.852. The van der Waals surface area contributed by atoms with Crippen LogP contribution in [0, 0.1) is 17.1 Å². The summed E-state index contributed by atoms with van der Waals surface area (Å²) in [5, 5.41) is 12.3. The van der Waals surface area contributed by atoms with E-state index in [1.807, 2.05) is 13.0 Å². The van der Waals surface area contributed by atoms with Gasteiger partial charge in [-0.2, -0.15) is 5.26 Å². The fourth-order valence-electron chi connectivity index (χ4n) is 1.31.